The number of rotatable bonds is 7. The van der Waals surface area contributed by atoms with Crippen molar-refractivity contribution in [3.05, 3.63) is 180 Å². The first-order valence-electron chi connectivity index (χ1n) is 18.8. The van der Waals surface area contributed by atoms with Gasteiger partial charge in [-0.05, 0) is 72.0 Å². The summed E-state index contributed by atoms with van der Waals surface area (Å²) < 4.78 is 4.30. The molecule has 7 aromatic rings. The van der Waals surface area contributed by atoms with Crippen LogP contribution in [0.5, 0.6) is 0 Å². The van der Waals surface area contributed by atoms with Crippen LogP contribution in [0.1, 0.15) is 30.1 Å². The van der Waals surface area contributed by atoms with Gasteiger partial charge >= 0.3 is 0 Å². The molecule has 6 heteroatoms. The first kappa shape index (κ1) is 30.8. The molecule has 3 aromatic heterocycles. The highest BCUT2D eigenvalue weighted by atomic mass is 15.2. The molecule has 258 valence electrons. The van der Waals surface area contributed by atoms with Gasteiger partial charge in [-0.1, -0.05) is 97.1 Å². The van der Waals surface area contributed by atoms with Gasteiger partial charge in [-0.2, -0.15) is 0 Å². The predicted molar refractivity (Wildman–Crippen MR) is 220 cm³/mol. The van der Waals surface area contributed by atoms with Gasteiger partial charge in [0, 0.05) is 82.7 Å². The monoisotopic (exact) mass is 696 g/mol. The molecule has 0 saturated carbocycles. The standard InChI is InChI=1S/C48H36N6/c1-2-8-42-33(7-1)19-25-43(49-42)34-13-11-32(12-14-34)39-24-26-46(41-29-40(39)41)54(37-20-15-35(16-21-37)44-30-52-27-5-3-9-47(52)50-44)38-22-17-36(18-23-38)45-31-53-28-6-4-10-48(53)51-45/h1-2,5-8,11-31,40H,3-4,9-10H2/t40-/m0/s1. The molecule has 11 rings (SSSR count). The number of anilines is 2. The Hall–Kier alpha value is -6.79. The highest BCUT2D eigenvalue weighted by molar-refractivity contribution is 5.88. The Balaban J connectivity index is 0.928. The van der Waals surface area contributed by atoms with Crippen LogP contribution in [-0.2, 0) is 12.8 Å². The van der Waals surface area contributed by atoms with Gasteiger partial charge in [-0.15, -0.1) is 0 Å². The second-order valence-corrected chi connectivity index (χ2v) is 14.4. The van der Waals surface area contributed by atoms with E-state index in [1.807, 2.05) is 6.07 Å². The Morgan fingerprint density at radius 3 is 1.72 bits per heavy atom. The lowest BCUT2D eigenvalue weighted by Crippen LogP contribution is -2.18. The highest BCUT2D eigenvalue weighted by Crippen LogP contribution is 2.51. The van der Waals surface area contributed by atoms with E-state index < -0.39 is 0 Å². The van der Waals surface area contributed by atoms with Crippen molar-refractivity contribution in [1.29, 1.82) is 0 Å². The van der Waals surface area contributed by atoms with Crippen LogP contribution in [0.4, 0.5) is 11.4 Å². The average molecular weight is 697 g/mol. The summed E-state index contributed by atoms with van der Waals surface area (Å²) in [5.41, 5.74) is 14.7. The lowest BCUT2D eigenvalue weighted by Gasteiger charge is -2.29. The number of aryl methyl sites for hydroxylation is 2. The Morgan fingerprint density at radius 2 is 1.09 bits per heavy atom. The third-order valence-electron chi connectivity index (χ3n) is 11.0. The smallest absolute Gasteiger partial charge is 0.113 e. The first-order chi connectivity index (χ1) is 26.7. The topological polar surface area (TPSA) is 51.8 Å². The van der Waals surface area contributed by atoms with Gasteiger partial charge in [0.2, 0.25) is 0 Å². The summed E-state index contributed by atoms with van der Waals surface area (Å²) in [6, 6.07) is 39.1. The molecule has 4 aromatic carbocycles. The van der Waals surface area contributed by atoms with Gasteiger partial charge in [-0.3, -0.25) is 0 Å². The molecule has 0 bridgehead atoms. The van der Waals surface area contributed by atoms with Crippen LogP contribution >= 0.6 is 0 Å². The number of hydrogen-bond donors (Lipinski definition) is 0. The van der Waals surface area contributed by atoms with Gasteiger partial charge in [-0.25, -0.2) is 15.0 Å². The minimum Gasteiger partial charge on any atom is -0.310 e. The molecule has 6 nitrogen and oxygen atoms in total. The summed E-state index contributed by atoms with van der Waals surface area (Å²) >= 11 is 0. The maximum absolute atomic E-state index is 4.95. The largest absolute Gasteiger partial charge is 0.310 e. The predicted octanol–water partition coefficient (Wildman–Crippen LogP) is 11.1. The van der Waals surface area contributed by atoms with Crippen LogP contribution in [0.25, 0.3) is 62.6 Å². The third-order valence-corrected chi connectivity index (χ3v) is 11.0. The lowest BCUT2D eigenvalue weighted by molar-refractivity contribution is 0.838. The van der Waals surface area contributed by atoms with E-state index in [-0.39, 0.29) is 5.92 Å². The molecular formula is C48H36N6. The molecule has 0 fully saturated rings. The normalized spacial score (nSPS) is 16.6. The fraction of sp³-hybridized carbons (Fsp3) is 0.104. The number of para-hydroxylation sites is 1. The van der Waals surface area contributed by atoms with E-state index in [4.69, 9.17) is 15.0 Å². The molecule has 0 radical (unpaired) electrons. The summed E-state index contributed by atoms with van der Waals surface area (Å²) in [6.45, 7) is 0. The van der Waals surface area contributed by atoms with Crippen molar-refractivity contribution in [1.82, 2.24) is 24.1 Å². The van der Waals surface area contributed by atoms with E-state index in [1.165, 1.54) is 22.4 Å². The van der Waals surface area contributed by atoms with Crippen molar-refractivity contribution >= 4 is 40.3 Å². The number of pyridine rings is 1. The van der Waals surface area contributed by atoms with Crippen LogP contribution in [0.2, 0.25) is 0 Å². The zero-order chi connectivity index (χ0) is 35.6. The van der Waals surface area contributed by atoms with Gasteiger partial charge < -0.3 is 14.0 Å². The molecule has 1 atom stereocenters. The summed E-state index contributed by atoms with van der Waals surface area (Å²) in [5, 5.41) is 1.16. The van der Waals surface area contributed by atoms with Crippen molar-refractivity contribution in [3.8, 4) is 33.8 Å². The van der Waals surface area contributed by atoms with Gasteiger partial charge in [0.15, 0.2) is 0 Å². The zero-order valence-electron chi connectivity index (χ0n) is 29.7. The van der Waals surface area contributed by atoms with E-state index in [0.29, 0.717) is 0 Å². The van der Waals surface area contributed by atoms with Gasteiger partial charge in [0.25, 0.3) is 0 Å². The fourth-order valence-corrected chi connectivity index (χ4v) is 8.10. The SMILES string of the molecule is C1=Cn2cc(-c3ccc(N(C4=CC=C(c5ccc(-c6ccc7ccccc7n6)cc5)[C@@H]5C=C45)c4ccc(-c5cn6c(n5)CCC=C6)cc4)cc3)nc2CC1. The fourth-order valence-electron chi connectivity index (χ4n) is 8.10. The van der Waals surface area contributed by atoms with Crippen LogP contribution in [-0.4, -0.2) is 24.1 Å². The second kappa shape index (κ2) is 12.4. The summed E-state index contributed by atoms with van der Waals surface area (Å²) in [6.07, 6.45) is 24.0. The molecule has 0 N–H and O–H groups in total. The summed E-state index contributed by atoms with van der Waals surface area (Å²) in [4.78, 5) is 17.2. The van der Waals surface area contributed by atoms with E-state index >= 15 is 0 Å². The zero-order valence-corrected chi connectivity index (χ0v) is 29.7. The molecule has 2 aliphatic carbocycles. The second-order valence-electron chi connectivity index (χ2n) is 14.4. The summed E-state index contributed by atoms with van der Waals surface area (Å²) in [5.74, 6) is 2.52. The van der Waals surface area contributed by atoms with Crippen molar-refractivity contribution in [2.75, 3.05) is 4.90 Å². The number of allylic oxidation sites excluding steroid dienone is 7. The number of hydrogen-bond acceptors (Lipinski definition) is 4. The van der Waals surface area contributed by atoms with Crippen LogP contribution in [0, 0.1) is 5.92 Å². The minimum atomic E-state index is 0.283. The van der Waals surface area contributed by atoms with Crippen LogP contribution in [0.15, 0.2) is 163 Å². The van der Waals surface area contributed by atoms with Gasteiger partial charge in [0.05, 0.1) is 22.6 Å². The molecule has 54 heavy (non-hydrogen) atoms. The maximum Gasteiger partial charge on any atom is 0.113 e. The van der Waals surface area contributed by atoms with Crippen LogP contribution < -0.4 is 4.90 Å². The Bertz CT molecular complexity index is 2650. The van der Waals surface area contributed by atoms with E-state index in [1.54, 1.807) is 0 Å². The Labute approximate surface area is 314 Å². The molecule has 4 aliphatic rings. The molecular weight excluding hydrogens is 661 g/mol. The number of fused-ring (bicyclic) bond motifs is 4. The molecule has 0 spiro atoms. The van der Waals surface area contributed by atoms with Crippen molar-refractivity contribution in [2.45, 2.75) is 25.7 Å². The lowest BCUT2D eigenvalue weighted by atomic mass is 9.92. The Kier molecular flexibility index (Phi) is 7.08. The van der Waals surface area contributed by atoms with Crippen molar-refractivity contribution in [3.63, 3.8) is 0 Å². The number of imidazole rings is 2. The number of nitrogens with zero attached hydrogens (tertiary/aromatic N) is 6. The van der Waals surface area contributed by atoms with Crippen molar-refractivity contribution in [2.24, 2.45) is 5.92 Å². The van der Waals surface area contributed by atoms with Crippen molar-refractivity contribution < 1.29 is 0 Å². The maximum atomic E-state index is 4.95. The molecule has 0 unspecified atom stereocenters. The summed E-state index contributed by atoms with van der Waals surface area (Å²) in [7, 11) is 0. The first-order valence-corrected chi connectivity index (χ1v) is 18.8. The van der Waals surface area contributed by atoms with E-state index in [9.17, 15) is 0 Å². The van der Waals surface area contributed by atoms with Gasteiger partial charge in [0.1, 0.15) is 11.6 Å². The number of aromatic nitrogens is 5. The van der Waals surface area contributed by atoms with E-state index in [2.05, 4.69) is 172 Å². The average Bonchev–Trinajstić information content (AvgIpc) is 3.73. The molecule has 2 aliphatic heterocycles. The number of benzene rings is 4. The van der Waals surface area contributed by atoms with E-state index in [0.717, 1.165) is 93.4 Å². The molecule has 0 amide bonds. The highest BCUT2D eigenvalue weighted by Gasteiger charge is 2.37. The minimum absolute atomic E-state index is 0.283. The molecule has 0 saturated heterocycles. The quantitative estimate of drug-likeness (QED) is 0.166. The van der Waals surface area contributed by atoms with Crippen LogP contribution in [0.3, 0.4) is 0 Å². The third kappa shape index (κ3) is 5.38. The Morgan fingerprint density at radius 1 is 0.519 bits per heavy atom. The molecule has 5 heterocycles.